The molecule has 0 bridgehead atoms. The molecule has 0 fully saturated rings. The molecule has 1 aromatic carbocycles. The number of hydrogen-bond donors (Lipinski definition) is 0. The maximum Gasteiger partial charge on any atom is 0.257 e. The van der Waals surface area contributed by atoms with Crippen LogP contribution in [0.3, 0.4) is 0 Å². The van der Waals surface area contributed by atoms with Crippen molar-refractivity contribution in [3.05, 3.63) is 28.8 Å². The molecule has 0 radical (unpaired) electrons. The summed E-state index contributed by atoms with van der Waals surface area (Å²) in [5.41, 5.74) is 0.457. The Morgan fingerprint density at radius 2 is 2.26 bits per heavy atom. The van der Waals surface area contributed by atoms with Crippen molar-refractivity contribution in [3.8, 4) is 11.8 Å². The van der Waals surface area contributed by atoms with Gasteiger partial charge in [0.15, 0.2) is 0 Å². The van der Waals surface area contributed by atoms with E-state index in [4.69, 9.17) is 21.6 Å². The first kappa shape index (κ1) is 15.3. The molecule has 19 heavy (non-hydrogen) atoms. The summed E-state index contributed by atoms with van der Waals surface area (Å²) in [6, 6.07) is 7.03. The van der Waals surface area contributed by atoms with E-state index in [1.54, 1.807) is 30.0 Å². The van der Waals surface area contributed by atoms with Crippen LogP contribution in [0.1, 0.15) is 24.2 Å². The van der Waals surface area contributed by atoms with E-state index in [-0.39, 0.29) is 11.8 Å². The molecule has 1 unspecified atom stereocenters. The maximum absolute atomic E-state index is 12.4. The zero-order valence-corrected chi connectivity index (χ0v) is 12.1. The van der Waals surface area contributed by atoms with Crippen LogP contribution in [0.4, 0.5) is 0 Å². The second-order valence-electron chi connectivity index (χ2n) is 4.22. The van der Waals surface area contributed by atoms with Crippen molar-refractivity contribution in [2.45, 2.75) is 13.8 Å². The second-order valence-corrected chi connectivity index (χ2v) is 4.65. The number of halogens is 1. The van der Waals surface area contributed by atoms with Crippen molar-refractivity contribution < 1.29 is 9.53 Å². The highest BCUT2D eigenvalue weighted by Gasteiger charge is 2.20. The molecule has 1 rings (SSSR count). The van der Waals surface area contributed by atoms with Gasteiger partial charge in [0.1, 0.15) is 5.75 Å². The molecule has 102 valence electrons. The standard InChI is InChI=1S/C14H17ClN2O2/c1-4-17(9-10(2)8-16)14(18)12-6-5-11(15)7-13(12)19-3/h5-7,10H,4,9H2,1-3H3. The number of nitriles is 1. The normalized spacial score (nSPS) is 11.5. The van der Waals surface area contributed by atoms with E-state index in [9.17, 15) is 4.79 Å². The van der Waals surface area contributed by atoms with Crippen LogP contribution in [0, 0.1) is 17.2 Å². The molecule has 4 nitrogen and oxygen atoms in total. The van der Waals surface area contributed by atoms with Gasteiger partial charge in [-0.3, -0.25) is 4.79 Å². The first-order valence-corrected chi connectivity index (χ1v) is 6.43. The fourth-order valence-electron chi connectivity index (χ4n) is 1.74. The number of carbonyl (C=O) groups is 1. The largest absolute Gasteiger partial charge is 0.496 e. The molecule has 0 spiro atoms. The molecular weight excluding hydrogens is 264 g/mol. The fraction of sp³-hybridized carbons (Fsp3) is 0.429. The predicted octanol–water partition coefficient (Wildman–Crippen LogP) is 2.97. The molecule has 0 saturated carbocycles. The molecule has 0 saturated heterocycles. The fourth-order valence-corrected chi connectivity index (χ4v) is 1.90. The van der Waals surface area contributed by atoms with Gasteiger partial charge >= 0.3 is 0 Å². The lowest BCUT2D eigenvalue weighted by Gasteiger charge is -2.23. The Bertz CT molecular complexity index is 497. The third kappa shape index (κ3) is 3.87. The minimum atomic E-state index is -0.206. The number of benzene rings is 1. The highest BCUT2D eigenvalue weighted by Crippen LogP contribution is 2.24. The zero-order valence-electron chi connectivity index (χ0n) is 11.3. The van der Waals surface area contributed by atoms with E-state index in [2.05, 4.69) is 6.07 Å². The van der Waals surface area contributed by atoms with Crippen molar-refractivity contribution >= 4 is 17.5 Å². The number of hydrogen-bond acceptors (Lipinski definition) is 3. The van der Waals surface area contributed by atoms with E-state index in [0.29, 0.717) is 29.4 Å². The maximum atomic E-state index is 12.4. The average molecular weight is 281 g/mol. The third-order valence-electron chi connectivity index (χ3n) is 2.78. The Labute approximate surface area is 118 Å². The summed E-state index contributed by atoms with van der Waals surface area (Å²) in [6.45, 7) is 4.60. The van der Waals surface area contributed by atoms with Crippen molar-refractivity contribution in [2.75, 3.05) is 20.2 Å². The Balaban J connectivity index is 3.01. The van der Waals surface area contributed by atoms with Gasteiger partial charge in [0.05, 0.1) is 24.7 Å². The lowest BCUT2D eigenvalue weighted by Crippen LogP contribution is -2.34. The van der Waals surface area contributed by atoms with E-state index >= 15 is 0 Å². The van der Waals surface area contributed by atoms with E-state index in [1.807, 2.05) is 6.92 Å². The van der Waals surface area contributed by atoms with Crippen LogP contribution < -0.4 is 4.74 Å². The van der Waals surface area contributed by atoms with Gasteiger partial charge in [-0.1, -0.05) is 11.6 Å². The average Bonchev–Trinajstić information content (AvgIpc) is 2.43. The number of nitrogens with zero attached hydrogens (tertiary/aromatic N) is 2. The Hall–Kier alpha value is -1.73. The van der Waals surface area contributed by atoms with E-state index < -0.39 is 0 Å². The first-order chi connectivity index (χ1) is 9.03. The number of ether oxygens (including phenoxy) is 1. The van der Waals surface area contributed by atoms with Gasteiger partial charge in [0.2, 0.25) is 0 Å². The monoisotopic (exact) mass is 280 g/mol. The van der Waals surface area contributed by atoms with Crippen molar-refractivity contribution in [1.82, 2.24) is 4.90 Å². The van der Waals surface area contributed by atoms with Crippen molar-refractivity contribution in [2.24, 2.45) is 5.92 Å². The number of methoxy groups -OCH3 is 1. The topological polar surface area (TPSA) is 53.3 Å². The summed E-state index contributed by atoms with van der Waals surface area (Å²) in [5.74, 6) is 0.0841. The summed E-state index contributed by atoms with van der Waals surface area (Å²) < 4.78 is 5.18. The zero-order chi connectivity index (χ0) is 14.4. The summed E-state index contributed by atoms with van der Waals surface area (Å²) in [5, 5.41) is 9.35. The summed E-state index contributed by atoms with van der Waals surface area (Å²) in [4.78, 5) is 14.0. The van der Waals surface area contributed by atoms with Crippen LogP contribution in [0.15, 0.2) is 18.2 Å². The highest BCUT2D eigenvalue weighted by molar-refractivity contribution is 6.30. The van der Waals surface area contributed by atoms with Gasteiger partial charge in [-0.2, -0.15) is 5.26 Å². The van der Waals surface area contributed by atoms with Gasteiger partial charge in [0, 0.05) is 18.1 Å². The smallest absolute Gasteiger partial charge is 0.257 e. The summed E-state index contributed by atoms with van der Waals surface area (Å²) in [7, 11) is 1.50. The molecule has 0 aromatic heterocycles. The van der Waals surface area contributed by atoms with E-state index in [0.717, 1.165) is 0 Å². The van der Waals surface area contributed by atoms with Crippen LogP contribution in [-0.2, 0) is 0 Å². The minimum absolute atomic E-state index is 0.155. The van der Waals surface area contributed by atoms with E-state index in [1.165, 1.54) is 7.11 Å². The molecule has 1 aromatic rings. The van der Waals surface area contributed by atoms with Crippen LogP contribution in [0.25, 0.3) is 0 Å². The second kappa shape index (κ2) is 7.01. The first-order valence-electron chi connectivity index (χ1n) is 6.05. The third-order valence-corrected chi connectivity index (χ3v) is 3.01. The van der Waals surface area contributed by atoms with Crippen LogP contribution in [-0.4, -0.2) is 31.0 Å². The molecule has 0 heterocycles. The van der Waals surface area contributed by atoms with Crippen LogP contribution in [0.2, 0.25) is 5.02 Å². The molecule has 0 aliphatic heterocycles. The number of carbonyl (C=O) groups excluding carboxylic acids is 1. The van der Waals surface area contributed by atoms with Gasteiger partial charge in [-0.25, -0.2) is 0 Å². The molecule has 0 aliphatic carbocycles. The Morgan fingerprint density at radius 3 is 2.79 bits per heavy atom. The molecule has 0 N–H and O–H groups in total. The number of rotatable bonds is 5. The minimum Gasteiger partial charge on any atom is -0.496 e. The summed E-state index contributed by atoms with van der Waals surface area (Å²) >= 11 is 5.87. The predicted molar refractivity (Wildman–Crippen MR) is 74.4 cm³/mol. The van der Waals surface area contributed by atoms with Gasteiger partial charge < -0.3 is 9.64 Å². The molecule has 5 heteroatoms. The Kier molecular flexibility index (Phi) is 5.65. The van der Waals surface area contributed by atoms with Crippen molar-refractivity contribution in [1.29, 1.82) is 5.26 Å². The molecule has 1 atom stereocenters. The van der Waals surface area contributed by atoms with Crippen molar-refractivity contribution in [3.63, 3.8) is 0 Å². The molecular formula is C14H17ClN2O2. The van der Waals surface area contributed by atoms with Gasteiger partial charge in [-0.15, -0.1) is 0 Å². The highest BCUT2D eigenvalue weighted by atomic mass is 35.5. The summed E-state index contributed by atoms with van der Waals surface area (Å²) in [6.07, 6.45) is 0. The lowest BCUT2D eigenvalue weighted by molar-refractivity contribution is 0.0749. The molecule has 0 aliphatic rings. The quantitative estimate of drug-likeness (QED) is 0.833. The SMILES string of the molecule is CCN(CC(C)C#N)C(=O)c1ccc(Cl)cc1OC. The lowest BCUT2D eigenvalue weighted by atomic mass is 10.1. The molecule has 1 amide bonds. The van der Waals surface area contributed by atoms with Gasteiger partial charge in [0.25, 0.3) is 5.91 Å². The van der Waals surface area contributed by atoms with Gasteiger partial charge in [-0.05, 0) is 32.0 Å². The van der Waals surface area contributed by atoms with Crippen LogP contribution in [0.5, 0.6) is 5.75 Å². The van der Waals surface area contributed by atoms with Crippen LogP contribution >= 0.6 is 11.6 Å². The number of amides is 1. The Morgan fingerprint density at radius 1 is 1.58 bits per heavy atom.